The predicted molar refractivity (Wildman–Crippen MR) is 67.2 cm³/mol. The van der Waals surface area contributed by atoms with Crippen LogP contribution in [0.3, 0.4) is 0 Å². The fourth-order valence-electron chi connectivity index (χ4n) is 1.19. The minimum absolute atomic E-state index is 0.0220. The van der Waals surface area contributed by atoms with Crippen molar-refractivity contribution in [1.82, 2.24) is 4.72 Å². The van der Waals surface area contributed by atoms with Gasteiger partial charge in [-0.2, -0.15) is 0 Å². The van der Waals surface area contributed by atoms with Crippen molar-refractivity contribution in [1.29, 1.82) is 0 Å². The Morgan fingerprint density at radius 3 is 2.47 bits per heavy atom. The number of rotatable bonds is 3. The van der Waals surface area contributed by atoms with Gasteiger partial charge in [-0.3, -0.25) is 4.79 Å². The predicted octanol–water partition coefficient (Wildman–Crippen LogP) is 2.40. The Kier molecular flexibility index (Phi) is 3.38. The summed E-state index contributed by atoms with van der Waals surface area (Å²) in [5.74, 6) is -1.38. The molecule has 9 heteroatoms. The molecule has 0 bridgehead atoms. The van der Waals surface area contributed by atoms with Crippen LogP contribution in [0.5, 0.6) is 0 Å². The Balaban J connectivity index is 2.11. The highest BCUT2D eigenvalue weighted by Crippen LogP contribution is 2.53. The standard InChI is InChI=1S/C8H6Cl3NO3S2/c9-5-1-2-6(16-5)17(14,15)12-7(13)4-3-8(4,10)11/h1-2,4H,3H2,(H,12,13). The van der Waals surface area contributed by atoms with E-state index in [2.05, 4.69) is 0 Å². The molecule has 0 aromatic carbocycles. The minimum Gasteiger partial charge on any atom is -0.274 e. The van der Waals surface area contributed by atoms with E-state index in [9.17, 15) is 13.2 Å². The Hall–Kier alpha value is -0.0100. The van der Waals surface area contributed by atoms with Crippen LogP contribution in [0.15, 0.2) is 16.3 Å². The van der Waals surface area contributed by atoms with Gasteiger partial charge in [0.1, 0.15) is 8.54 Å². The Labute approximate surface area is 117 Å². The van der Waals surface area contributed by atoms with E-state index in [1.807, 2.05) is 4.72 Å². The van der Waals surface area contributed by atoms with Gasteiger partial charge in [0.2, 0.25) is 5.91 Å². The lowest BCUT2D eigenvalue weighted by Gasteiger charge is -2.04. The molecule has 1 N–H and O–H groups in total. The highest BCUT2D eigenvalue weighted by molar-refractivity contribution is 7.92. The molecule has 1 aliphatic carbocycles. The maximum absolute atomic E-state index is 11.7. The summed E-state index contributed by atoms with van der Waals surface area (Å²) in [7, 11) is -3.88. The number of hydrogen-bond donors (Lipinski definition) is 1. The van der Waals surface area contributed by atoms with Gasteiger partial charge in [-0.25, -0.2) is 13.1 Å². The fourth-order valence-corrected chi connectivity index (χ4v) is 4.20. The first-order valence-corrected chi connectivity index (χ1v) is 7.85. The second kappa shape index (κ2) is 4.28. The number of thiophene rings is 1. The third kappa shape index (κ3) is 2.88. The molecule has 1 aromatic heterocycles. The lowest BCUT2D eigenvalue weighted by Crippen LogP contribution is -2.32. The molecule has 0 aliphatic heterocycles. The normalized spacial score (nSPS) is 22.2. The van der Waals surface area contributed by atoms with Gasteiger partial charge in [0.05, 0.1) is 10.3 Å². The lowest BCUT2D eigenvalue weighted by molar-refractivity contribution is -0.120. The van der Waals surface area contributed by atoms with E-state index in [0.717, 1.165) is 11.3 Å². The van der Waals surface area contributed by atoms with Gasteiger partial charge < -0.3 is 0 Å². The topological polar surface area (TPSA) is 63.2 Å². The highest BCUT2D eigenvalue weighted by Gasteiger charge is 2.57. The average Bonchev–Trinajstić information content (AvgIpc) is 2.61. The molecule has 1 unspecified atom stereocenters. The number of hydrogen-bond acceptors (Lipinski definition) is 4. The Bertz CT molecular complexity index is 566. The molecular weight excluding hydrogens is 329 g/mol. The van der Waals surface area contributed by atoms with Crippen molar-refractivity contribution in [3.63, 3.8) is 0 Å². The molecule has 17 heavy (non-hydrogen) atoms. The second-order valence-corrected chi connectivity index (χ2v) is 8.71. The number of nitrogens with one attached hydrogen (secondary N) is 1. The van der Waals surface area contributed by atoms with E-state index in [-0.39, 0.29) is 10.6 Å². The van der Waals surface area contributed by atoms with Crippen molar-refractivity contribution < 1.29 is 13.2 Å². The number of alkyl halides is 2. The Morgan fingerprint density at radius 2 is 2.06 bits per heavy atom. The maximum Gasteiger partial charge on any atom is 0.273 e. The molecule has 1 atom stereocenters. The van der Waals surface area contributed by atoms with Crippen LogP contribution >= 0.6 is 46.1 Å². The molecule has 1 aromatic rings. The van der Waals surface area contributed by atoms with Gasteiger partial charge in [0, 0.05) is 0 Å². The number of sulfonamides is 1. The number of carbonyl (C=O) groups is 1. The van der Waals surface area contributed by atoms with Gasteiger partial charge in [0.25, 0.3) is 10.0 Å². The smallest absolute Gasteiger partial charge is 0.273 e. The summed E-state index contributed by atoms with van der Waals surface area (Å²) in [6.45, 7) is 0. The molecular formula is C8H6Cl3NO3S2. The third-order valence-corrected chi connectivity index (χ3v) is 6.10. The first-order chi connectivity index (χ1) is 7.72. The lowest BCUT2D eigenvalue weighted by atomic mass is 10.4. The van der Waals surface area contributed by atoms with Crippen LogP contribution in [0, 0.1) is 5.92 Å². The summed E-state index contributed by atoms with van der Waals surface area (Å²) in [5, 5.41) is 0. The van der Waals surface area contributed by atoms with E-state index >= 15 is 0 Å². The van der Waals surface area contributed by atoms with E-state index in [0.29, 0.717) is 4.34 Å². The summed E-state index contributed by atoms with van der Waals surface area (Å²) >= 11 is 17.8. The summed E-state index contributed by atoms with van der Waals surface area (Å²) in [6, 6.07) is 2.76. The van der Waals surface area contributed by atoms with Crippen molar-refractivity contribution in [2.75, 3.05) is 0 Å². The summed E-state index contributed by atoms with van der Waals surface area (Å²) in [6.07, 6.45) is 0.253. The molecule has 1 amide bonds. The molecule has 4 nitrogen and oxygen atoms in total. The van der Waals surface area contributed by atoms with Crippen molar-refractivity contribution in [2.24, 2.45) is 5.92 Å². The van der Waals surface area contributed by atoms with Crippen molar-refractivity contribution >= 4 is 62.1 Å². The van der Waals surface area contributed by atoms with Crippen LogP contribution in [-0.4, -0.2) is 18.7 Å². The van der Waals surface area contributed by atoms with Crippen LogP contribution in [0.25, 0.3) is 0 Å². The van der Waals surface area contributed by atoms with Gasteiger partial charge >= 0.3 is 0 Å². The van der Waals surface area contributed by atoms with Gasteiger partial charge in [-0.05, 0) is 18.6 Å². The first-order valence-electron chi connectivity index (χ1n) is 4.42. The van der Waals surface area contributed by atoms with E-state index in [4.69, 9.17) is 34.8 Å². The minimum atomic E-state index is -3.88. The van der Waals surface area contributed by atoms with Gasteiger partial charge in [-0.1, -0.05) is 11.6 Å². The summed E-state index contributed by atoms with van der Waals surface area (Å²) < 4.78 is 24.5. The van der Waals surface area contributed by atoms with Crippen molar-refractivity contribution in [3.8, 4) is 0 Å². The molecule has 2 rings (SSSR count). The molecule has 0 saturated heterocycles. The largest absolute Gasteiger partial charge is 0.274 e. The zero-order chi connectivity index (χ0) is 12.8. The van der Waals surface area contributed by atoms with Crippen LogP contribution in [-0.2, 0) is 14.8 Å². The second-order valence-electron chi connectivity index (χ2n) is 3.55. The molecule has 1 heterocycles. The molecule has 0 radical (unpaired) electrons. The molecule has 0 spiro atoms. The highest BCUT2D eigenvalue weighted by atomic mass is 35.5. The molecule has 1 fully saturated rings. The average molecular weight is 335 g/mol. The van der Waals surface area contributed by atoms with Gasteiger partial charge in [0.15, 0.2) is 0 Å². The van der Waals surface area contributed by atoms with Crippen molar-refractivity contribution in [2.45, 2.75) is 15.0 Å². The first kappa shape index (κ1) is 13.4. The number of amides is 1. The molecule has 1 saturated carbocycles. The van der Waals surface area contributed by atoms with Crippen LogP contribution in [0.4, 0.5) is 0 Å². The summed E-state index contributed by atoms with van der Waals surface area (Å²) in [4.78, 5) is 11.5. The van der Waals surface area contributed by atoms with E-state index in [1.54, 1.807) is 0 Å². The quantitative estimate of drug-likeness (QED) is 0.863. The molecule has 1 aliphatic rings. The summed E-state index contributed by atoms with van der Waals surface area (Å²) in [5.41, 5.74) is 0. The fraction of sp³-hybridized carbons (Fsp3) is 0.375. The van der Waals surface area contributed by atoms with Crippen LogP contribution in [0.2, 0.25) is 4.34 Å². The SMILES string of the molecule is O=C(NS(=O)(=O)c1ccc(Cl)s1)C1CC1(Cl)Cl. The van der Waals surface area contributed by atoms with Gasteiger partial charge in [-0.15, -0.1) is 34.5 Å². The zero-order valence-electron chi connectivity index (χ0n) is 8.11. The van der Waals surface area contributed by atoms with Crippen LogP contribution < -0.4 is 4.72 Å². The molecule has 94 valence electrons. The monoisotopic (exact) mass is 333 g/mol. The zero-order valence-corrected chi connectivity index (χ0v) is 12.0. The number of carbonyl (C=O) groups excluding carboxylic acids is 1. The van der Waals surface area contributed by atoms with Crippen molar-refractivity contribution in [3.05, 3.63) is 16.5 Å². The third-order valence-electron chi connectivity index (χ3n) is 2.19. The van der Waals surface area contributed by atoms with Crippen LogP contribution in [0.1, 0.15) is 6.42 Å². The maximum atomic E-state index is 11.7. The van der Waals surface area contributed by atoms with E-state index in [1.165, 1.54) is 12.1 Å². The van der Waals surface area contributed by atoms with E-state index < -0.39 is 26.2 Å². The Morgan fingerprint density at radius 1 is 1.47 bits per heavy atom. The number of halogens is 3.